The highest BCUT2D eigenvalue weighted by Crippen LogP contribution is 2.21. The first kappa shape index (κ1) is 14.4. The van der Waals surface area contributed by atoms with Gasteiger partial charge in [0.2, 0.25) is 0 Å². The summed E-state index contributed by atoms with van der Waals surface area (Å²) >= 11 is 12.0. The normalized spacial score (nSPS) is 10.7. The van der Waals surface area contributed by atoms with E-state index in [0.29, 0.717) is 26.9 Å². The monoisotopic (exact) mass is 307 g/mol. The highest BCUT2D eigenvalue weighted by Gasteiger charge is 2.04. The number of hydrazone groups is 1. The number of nitrogens with two attached hydrogens (primary N) is 1. The molecule has 0 aliphatic rings. The first-order valence-electron chi connectivity index (χ1n) is 5.71. The van der Waals surface area contributed by atoms with Crippen LogP contribution in [0.5, 0.6) is 0 Å². The second kappa shape index (κ2) is 6.41. The Morgan fingerprint density at radius 3 is 2.30 bits per heavy atom. The number of amides is 1. The molecule has 0 radical (unpaired) electrons. The minimum Gasteiger partial charge on any atom is -0.399 e. The number of carbonyl (C=O) groups excluding carboxylic acids is 1. The van der Waals surface area contributed by atoms with Gasteiger partial charge in [-0.2, -0.15) is 5.10 Å². The van der Waals surface area contributed by atoms with E-state index in [1.165, 1.54) is 6.21 Å². The fraction of sp³-hybridized carbons (Fsp3) is 0. The molecule has 6 heteroatoms. The van der Waals surface area contributed by atoms with Gasteiger partial charge in [-0.15, -0.1) is 0 Å². The van der Waals surface area contributed by atoms with Crippen LogP contribution in [0.1, 0.15) is 15.9 Å². The molecule has 2 rings (SSSR count). The molecule has 0 spiro atoms. The molecular weight excluding hydrogens is 297 g/mol. The van der Waals surface area contributed by atoms with Crippen molar-refractivity contribution in [3.05, 3.63) is 63.6 Å². The maximum Gasteiger partial charge on any atom is 0.271 e. The molecule has 0 aliphatic heterocycles. The van der Waals surface area contributed by atoms with Crippen molar-refractivity contribution in [3.63, 3.8) is 0 Å². The molecule has 0 heterocycles. The van der Waals surface area contributed by atoms with E-state index in [9.17, 15) is 4.79 Å². The van der Waals surface area contributed by atoms with Gasteiger partial charge in [-0.25, -0.2) is 5.43 Å². The third kappa shape index (κ3) is 3.50. The molecule has 0 saturated heterocycles. The summed E-state index contributed by atoms with van der Waals surface area (Å²) in [5.74, 6) is -0.343. The number of nitrogens with zero attached hydrogens (tertiary/aromatic N) is 1. The van der Waals surface area contributed by atoms with Gasteiger partial charge in [0.25, 0.3) is 5.91 Å². The first-order valence-corrected chi connectivity index (χ1v) is 6.46. The lowest BCUT2D eigenvalue weighted by Gasteiger charge is -2.02. The summed E-state index contributed by atoms with van der Waals surface area (Å²) in [4.78, 5) is 11.8. The Hall–Kier alpha value is -2.04. The second-order valence-electron chi connectivity index (χ2n) is 3.96. The molecule has 0 aliphatic carbocycles. The van der Waals surface area contributed by atoms with Gasteiger partial charge in [-0.05, 0) is 36.4 Å². The van der Waals surface area contributed by atoms with Crippen LogP contribution in [0, 0.1) is 0 Å². The standard InChI is InChI=1S/C14H11Cl2N3O/c15-12-2-1-3-13(16)11(12)8-18-19-14(20)9-4-6-10(17)7-5-9/h1-8H,17H2,(H,19,20)/b18-8-. The summed E-state index contributed by atoms with van der Waals surface area (Å²) in [5.41, 5.74) is 9.54. The van der Waals surface area contributed by atoms with Crippen molar-refractivity contribution < 1.29 is 4.79 Å². The number of hydrogen-bond donors (Lipinski definition) is 2. The van der Waals surface area contributed by atoms with Crippen molar-refractivity contribution in [1.82, 2.24) is 5.43 Å². The minimum absolute atomic E-state index is 0.343. The largest absolute Gasteiger partial charge is 0.399 e. The average Bonchev–Trinajstić information content (AvgIpc) is 2.42. The van der Waals surface area contributed by atoms with Crippen molar-refractivity contribution in [2.45, 2.75) is 0 Å². The van der Waals surface area contributed by atoms with E-state index in [4.69, 9.17) is 28.9 Å². The van der Waals surface area contributed by atoms with Gasteiger partial charge in [0.15, 0.2) is 0 Å². The molecule has 0 aromatic heterocycles. The van der Waals surface area contributed by atoms with Crippen molar-refractivity contribution >= 4 is 41.0 Å². The van der Waals surface area contributed by atoms with Crippen LogP contribution < -0.4 is 11.2 Å². The molecule has 0 unspecified atom stereocenters. The number of carbonyl (C=O) groups is 1. The van der Waals surface area contributed by atoms with Crippen LogP contribution in [0.4, 0.5) is 5.69 Å². The zero-order chi connectivity index (χ0) is 14.5. The molecule has 2 aromatic carbocycles. The number of nitrogens with one attached hydrogen (secondary N) is 1. The molecule has 4 nitrogen and oxygen atoms in total. The maximum atomic E-state index is 11.8. The molecule has 1 amide bonds. The van der Waals surface area contributed by atoms with Gasteiger partial charge in [-0.3, -0.25) is 4.79 Å². The molecule has 0 bridgehead atoms. The summed E-state index contributed by atoms with van der Waals surface area (Å²) < 4.78 is 0. The molecule has 3 N–H and O–H groups in total. The van der Waals surface area contributed by atoms with Crippen LogP contribution in [-0.2, 0) is 0 Å². The molecule has 0 fully saturated rings. The Balaban J connectivity index is 2.06. The Morgan fingerprint density at radius 1 is 1.10 bits per heavy atom. The average molecular weight is 308 g/mol. The van der Waals surface area contributed by atoms with E-state index >= 15 is 0 Å². The van der Waals surface area contributed by atoms with E-state index in [0.717, 1.165) is 0 Å². The highest BCUT2D eigenvalue weighted by molar-refractivity contribution is 6.38. The smallest absolute Gasteiger partial charge is 0.271 e. The second-order valence-corrected chi connectivity index (χ2v) is 4.77. The summed E-state index contributed by atoms with van der Waals surface area (Å²) in [6.07, 6.45) is 1.40. The third-order valence-electron chi connectivity index (χ3n) is 2.53. The number of hydrogen-bond acceptors (Lipinski definition) is 3. The Kier molecular flexibility index (Phi) is 4.61. The SMILES string of the molecule is Nc1ccc(C(=O)N/N=C\c2c(Cl)cccc2Cl)cc1. The molecule has 2 aromatic rings. The van der Waals surface area contributed by atoms with Crippen LogP contribution in [0.15, 0.2) is 47.6 Å². The fourth-order valence-electron chi connectivity index (χ4n) is 1.49. The van der Waals surface area contributed by atoms with Crippen LogP contribution in [0.25, 0.3) is 0 Å². The van der Waals surface area contributed by atoms with Gasteiger partial charge < -0.3 is 5.73 Å². The van der Waals surface area contributed by atoms with Crippen molar-refractivity contribution in [3.8, 4) is 0 Å². The highest BCUT2D eigenvalue weighted by atomic mass is 35.5. The van der Waals surface area contributed by atoms with Crippen LogP contribution in [-0.4, -0.2) is 12.1 Å². The molecule has 20 heavy (non-hydrogen) atoms. The van der Waals surface area contributed by atoms with E-state index < -0.39 is 0 Å². The lowest BCUT2D eigenvalue weighted by molar-refractivity contribution is 0.0955. The number of benzene rings is 2. The Labute approximate surface area is 126 Å². The molecule has 102 valence electrons. The van der Waals surface area contributed by atoms with Gasteiger partial charge >= 0.3 is 0 Å². The van der Waals surface area contributed by atoms with E-state index in [2.05, 4.69) is 10.5 Å². The summed E-state index contributed by atoms with van der Waals surface area (Å²) in [5, 5.41) is 4.76. The lowest BCUT2D eigenvalue weighted by atomic mass is 10.2. The van der Waals surface area contributed by atoms with Crippen LogP contribution in [0.3, 0.4) is 0 Å². The van der Waals surface area contributed by atoms with Gasteiger partial charge in [-0.1, -0.05) is 29.3 Å². The van der Waals surface area contributed by atoms with E-state index in [1.54, 1.807) is 42.5 Å². The van der Waals surface area contributed by atoms with Crippen molar-refractivity contribution in [1.29, 1.82) is 0 Å². The number of anilines is 1. The van der Waals surface area contributed by atoms with E-state index in [1.807, 2.05) is 0 Å². The summed E-state index contributed by atoms with van der Waals surface area (Å²) in [7, 11) is 0. The Bertz CT molecular complexity index is 634. The predicted octanol–water partition coefficient (Wildman–Crippen LogP) is 3.34. The molecule has 0 atom stereocenters. The number of rotatable bonds is 3. The van der Waals surface area contributed by atoms with Crippen LogP contribution in [0.2, 0.25) is 10.0 Å². The predicted molar refractivity (Wildman–Crippen MR) is 82.4 cm³/mol. The van der Waals surface area contributed by atoms with Gasteiger partial charge in [0, 0.05) is 16.8 Å². The number of nitrogen functional groups attached to an aromatic ring is 1. The lowest BCUT2D eigenvalue weighted by Crippen LogP contribution is -2.17. The van der Waals surface area contributed by atoms with Gasteiger partial charge in [0.1, 0.15) is 0 Å². The fourth-order valence-corrected chi connectivity index (χ4v) is 1.98. The molecular formula is C14H11Cl2N3O. The van der Waals surface area contributed by atoms with Crippen LogP contribution >= 0.6 is 23.2 Å². The van der Waals surface area contributed by atoms with Crippen molar-refractivity contribution in [2.75, 3.05) is 5.73 Å². The minimum atomic E-state index is -0.343. The maximum absolute atomic E-state index is 11.8. The van der Waals surface area contributed by atoms with Gasteiger partial charge in [0.05, 0.1) is 16.3 Å². The third-order valence-corrected chi connectivity index (χ3v) is 3.19. The number of halogens is 2. The summed E-state index contributed by atoms with van der Waals surface area (Å²) in [6, 6.07) is 11.6. The zero-order valence-corrected chi connectivity index (χ0v) is 11.8. The topological polar surface area (TPSA) is 67.5 Å². The quantitative estimate of drug-likeness (QED) is 0.519. The van der Waals surface area contributed by atoms with Crippen molar-refractivity contribution in [2.24, 2.45) is 5.10 Å². The summed E-state index contributed by atoms with van der Waals surface area (Å²) in [6.45, 7) is 0. The molecule has 0 saturated carbocycles. The first-order chi connectivity index (χ1) is 9.58. The zero-order valence-electron chi connectivity index (χ0n) is 10.3. The Morgan fingerprint density at radius 2 is 1.70 bits per heavy atom. The van der Waals surface area contributed by atoms with E-state index in [-0.39, 0.29) is 5.91 Å².